The van der Waals surface area contributed by atoms with Crippen LogP contribution in [-0.4, -0.2) is 24.7 Å². The lowest BCUT2D eigenvalue weighted by Crippen LogP contribution is -2.42. The van der Waals surface area contributed by atoms with Gasteiger partial charge < -0.3 is 14.8 Å². The first-order valence-corrected chi connectivity index (χ1v) is 8.06. The van der Waals surface area contributed by atoms with E-state index in [1.54, 1.807) is 12.1 Å². The number of nitrogens with one attached hydrogen (secondary N) is 1. The zero-order chi connectivity index (χ0) is 15.6. The Morgan fingerprint density at radius 1 is 1.33 bits per heavy atom. The van der Waals surface area contributed by atoms with Crippen molar-refractivity contribution < 1.29 is 14.3 Å². The maximum Gasteiger partial charge on any atom is 0.243 e. The van der Waals surface area contributed by atoms with Crippen LogP contribution in [0.3, 0.4) is 0 Å². The summed E-state index contributed by atoms with van der Waals surface area (Å²) in [6, 6.07) is 3.57. The van der Waals surface area contributed by atoms with Crippen molar-refractivity contribution in [2.24, 2.45) is 0 Å². The first-order valence-electron chi connectivity index (χ1n) is 6.83. The van der Waals surface area contributed by atoms with Crippen molar-refractivity contribution in [2.45, 2.75) is 38.1 Å². The summed E-state index contributed by atoms with van der Waals surface area (Å²) in [6.07, 6.45) is 0.825. The van der Waals surface area contributed by atoms with Crippen LogP contribution < -0.4 is 14.8 Å². The molecule has 1 aliphatic rings. The Morgan fingerprint density at radius 2 is 2.00 bits per heavy atom. The van der Waals surface area contributed by atoms with Crippen molar-refractivity contribution in [3.63, 3.8) is 0 Å². The number of alkyl halides is 1. The van der Waals surface area contributed by atoms with Crippen LogP contribution in [0.5, 0.6) is 11.5 Å². The topological polar surface area (TPSA) is 47.6 Å². The van der Waals surface area contributed by atoms with Crippen molar-refractivity contribution in [3.8, 4) is 11.5 Å². The molecule has 1 aromatic carbocycles. The Morgan fingerprint density at radius 3 is 2.67 bits per heavy atom. The van der Waals surface area contributed by atoms with E-state index < -0.39 is 5.38 Å². The monoisotopic (exact) mass is 375 g/mol. The van der Waals surface area contributed by atoms with Crippen LogP contribution in [0, 0.1) is 0 Å². The van der Waals surface area contributed by atoms with E-state index in [1.165, 1.54) is 0 Å². The third kappa shape index (κ3) is 4.27. The van der Waals surface area contributed by atoms with Crippen LogP contribution in [0.4, 0.5) is 0 Å². The number of fused-ring (bicyclic) bond motifs is 1. The van der Waals surface area contributed by atoms with Gasteiger partial charge in [0.2, 0.25) is 5.91 Å². The van der Waals surface area contributed by atoms with E-state index in [0.717, 1.165) is 10.9 Å². The minimum Gasteiger partial charge on any atom is -0.490 e. The van der Waals surface area contributed by atoms with E-state index in [4.69, 9.17) is 21.1 Å². The molecule has 0 spiro atoms. The summed E-state index contributed by atoms with van der Waals surface area (Å²) >= 11 is 9.74. The van der Waals surface area contributed by atoms with Crippen LogP contribution in [0.1, 0.15) is 38.1 Å². The van der Waals surface area contributed by atoms with Crippen molar-refractivity contribution in [1.29, 1.82) is 0 Å². The van der Waals surface area contributed by atoms with E-state index in [9.17, 15) is 4.79 Å². The summed E-state index contributed by atoms with van der Waals surface area (Å²) in [5.41, 5.74) is 0.349. The number of amides is 1. The standard InChI is InChI=1S/C15H19BrClNO3/c1-15(2,3)18-14(19)12(17)9-7-10(16)13-11(8-9)20-5-4-6-21-13/h7-8,12H,4-6H2,1-3H3,(H,18,19). The fraction of sp³-hybridized carbons (Fsp3) is 0.533. The molecule has 6 heteroatoms. The van der Waals surface area contributed by atoms with Crippen LogP contribution in [0.2, 0.25) is 0 Å². The number of hydrogen-bond acceptors (Lipinski definition) is 3. The lowest BCUT2D eigenvalue weighted by molar-refractivity contribution is -0.122. The molecule has 116 valence electrons. The molecule has 0 fully saturated rings. The number of benzene rings is 1. The smallest absolute Gasteiger partial charge is 0.243 e. The molecule has 4 nitrogen and oxygen atoms in total. The Hall–Kier alpha value is -0.940. The molecule has 0 saturated heterocycles. The minimum atomic E-state index is -0.780. The SMILES string of the molecule is CC(C)(C)NC(=O)C(Cl)c1cc(Br)c2c(c1)OCCCO2. The van der Waals surface area contributed by atoms with Crippen molar-refractivity contribution in [1.82, 2.24) is 5.32 Å². The van der Waals surface area contributed by atoms with Gasteiger partial charge in [-0.15, -0.1) is 11.6 Å². The number of rotatable bonds is 2. The van der Waals surface area contributed by atoms with Gasteiger partial charge in [-0.1, -0.05) is 0 Å². The van der Waals surface area contributed by atoms with E-state index in [0.29, 0.717) is 30.3 Å². The van der Waals surface area contributed by atoms with E-state index in [2.05, 4.69) is 21.2 Å². The van der Waals surface area contributed by atoms with Gasteiger partial charge in [0.25, 0.3) is 0 Å². The molecule has 1 atom stereocenters. The molecule has 1 aromatic rings. The molecule has 1 N–H and O–H groups in total. The normalized spacial score (nSPS) is 16.0. The lowest BCUT2D eigenvalue weighted by atomic mass is 10.1. The molecular weight excluding hydrogens is 358 g/mol. The number of hydrogen-bond donors (Lipinski definition) is 1. The number of carbonyl (C=O) groups is 1. The summed E-state index contributed by atoms with van der Waals surface area (Å²) < 4.78 is 12.0. The van der Waals surface area contributed by atoms with Gasteiger partial charge in [-0.05, 0) is 54.4 Å². The van der Waals surface area contributed by atoms with Crippen molar-refractivity contribution >= 4 is 33.4 Å². The third-order valence-corrected chi connectivity index (χ3v) is 3.88. The summed E-state index contributed by atoms with van der Waals surface area (Å²) in [5, 5.41) is 2.09. The van der Waals surface area contributed by atoms with Gasteiger partial charge in [0.1, 0.15) is 5.38 Å². The van der Waals surface area contributed by atoms with Crippen LogP contribution in [-0.2, 0) is 4.79 Å². The molecule has 0 radical (unpaired) electrons. The van der Waals surface area contributed by atoms with E-state index in [1.807, 2.05) is 20.8 Å². The Balaban J connectivity index is 2.26. The zero-order valence-corrected chi connectivity index (χ0v) is 14.7. The third-order valence-electron chi connectivity index (χ3n) is 2.85. The van der Waals surface area contributed by atoms with Crippen LogP contribution >= 0.6 is 27.5 Å². The second-order valence-electron chi connectivity index (χ2n) is 5.98. The van der Waals surface area contributed by atoms with Gasteiger partial charge >= 0.3 is 0 Å². The maximum atomic E-state index is 12.2. The van der Waals surface area contributed by atoms with E-state index in [-0.39, 0.29) is 11.4 Å². The highest BCUT2D eigenvalue weighted by Crippen LogP contribution is 2.40. The highest BCUT2D eigenvalue weighted by molar-refractivity contribution is 9.10. The maximum absolute atomic E-state index is 12.2. The molecule has 2 rings (SSSR count). The molecule has 0 saturated carbocycles. The first-order chi connectivity index (χ1) is 9.78. The minimum absolute atomic E-state index is 0.231. The molecule has 1 amide bonds. The summed E-state index contributed by atoms with van der Waals surface area (Å²) in [7, 11) is 0. The average Bonchev–Trinajstić information content (AvgIpc) is 2.61. The zero-order valence-electron chi connectivity index (χ0n) is 12.3. The first kappa shape index (κ1) is 16.4. The molecule has 0 bridgehead atoms. The molecular formula is C15H19BrClNO3. The second kappa shape index (κ2) is 6.44. The molecule has 1 aliphatic heterocycles. The fourth-order valence-electron chi connectivity index (χ4n) is 1.98. The molecule has 1 unspecified atom stereocenters. The predicted octanol–water partition coefficient (Wildman–Crippen LogP) is 3.81. The number of carbonyl (C=O) groups excluding carboxylic acids is 1. The summed E-state index contributed by atoms with van der Waals surface area (Å²) in [4.78, 5) is 12.2. The Bertz CT molecular complexity index is 542. The Labute approximate surface area is 138 Å². The quantitative estimate of drug-likeness (QED) is 0.799. The summed E-state index contributed by atoms with van der Waals surface area (Å²) in [5.74, 6) is 1.05. The van der Waals surface area contributed by atoms with Gasteiger partial charge in [-0.2, -0.15) is 0 Å². The molecule has 21 heavy (non-hydrogen) atoms. The van der Waals surface area contributed by atoms with Gasteiger partial charge in [-0.25, -0.2) is 0 Å². The number of ether oxygens (including phenoxy) is 2. The van der Waals surface area contributed by atoms with Crippen LogP contribution in [0.15, 0.2) is 16.6 Å². The van der Waals surface area contributed by atoms with Gasteiger partial charge in [0.05, 0.1) is 17.7 Å². The van der Waals surface area contributed by atoms with Crippen LogP contribution in [0.25, 0.3) is 0 Å². The molecule has 0 aliphatic carbocycles. The summed E-state index contributed by atoms with van der Waals surface area (Å²) in [6.45, 7) is 6.94. The highest BCUT2D eigenvalue weighted by atomic mass is 79.9. The van der Waals surface area contributed by atoms with Gasteiger partial charge in [0.15, 0.2) is 11.5 Å². The van der Waals surface area contributed by atoms with Gasteiger partial charge in [0, 0.05) is 12.0 Å². The second-order valence-corrected chi connectivity index (χ2v) is 7.27. The predicted molar refractivity (Wildman–Crippen MR) is 86.2 cm³/mol. The Kier molecular flexibility index (Phi) is 5.04. The lowest BCUT2D eigenvalue weighted by Gasteiger charge is -2.23. The van der Waals surface area contributed by atoms with Crippen molar-refractivity contribution in [2.75, 3.05) is 13.2 Å². The highest BCUT2D eigenvalue weighted by Gasteiger charge is 2.25. The van der Waals surface area contributed by atoms with Crippen molar-refractivity contribution in [3.05, 3.63) is 22.2 Å². The number of halogens is 2. The average molecular weight is 377 g/mol. The fourth-order valence-corrected chi connectivity index (χ4v) is 2.74. The molecule has 1 heterocycles. The molecule has 0 aromatic heterocycles. The largest absolute Gasteiger partial charge is 0.490 e. The van der Waals surface area contributed by atoms with Gasteiger partial charge in [-0.3, -0.25) is 4.79 Å². The van der Waals surface area contributed by atoms with E-state index >= 15 is 0 Å².